The van der Waals surface area contributed by atoms with Crippen molar-refractivity contribution in [2.45, 2.75) is 13.1 Å². The van der Waals surface area contributed by atoms with E-state index >= 15 is 0 Å². The van der Waals surface area contributed by atoms with Crippen molar-refractivity contribution >= 4 is 22.8 Å². The SMILES string of the molecule is NNc1nc(N2CCn3ccnc3C2)c2cn[nH]c2n1. The summed E-state index contributed by atoms with van der Waals surface area (Å²) in [7, 11) is 0. The Balaban J connectivity index is 1.80. The molecule has 0 saturated carbocycles. The van der Waals surface area contributed by atoms with Crippen LogP contribution >= 0.6 is 0 Å². The van der Waals surface area contributed by atoms with E-state index < -0.39 is 0 Å². The van der Waals surface area contributed by atoms with Crippen molar-refractivity contribution in [2.24, 2.45) is 5.84 Å². The molecular formula is C11H13N9. The molecule has 9 heteroatoms. The molecule has 0 unspecified atom stereocenters. The highest BCUT2D eigenvalue weighted by molar-refractivity contribution is 5.87. The van der Waals surface area contributed by atoms with Gasteiger partial charge in [0.15, 0.2) is 5.65 Å². The molecule has 0 atom stereocenters. The smallest absolute Gasteiger partial charge is 0.241 e. The molecule has 0 spiro atoms. The summed E-state index contributed by atoms with van der Waals surface area (Å²) in [5.74, 6) is 7.62. The lowest BCUT2D eigenvalue weighted by Gasteiger charge is -2.29. The van der Waals surface area contributed by atoms with Crippen LogP contribution in [-0.4, -0.2) is 36.3 Å². The fourth-order valence-electron chi connectivity index (χ4n) is 2.48. The number of imidazole rings is 1. The number of hydrogen-bond acceptors (Lipinski definition) is 7. The second-order valence-electron chi connectivity index (χ2n) is 4.61. The van der Waals surface area contributed by atoms with Gasteiger partial charge >= 0.3 is 0 Å². The standard InChI is InChI=1S/C11H13N9/c12-17-11-15-9-7(5-14-18-9)10(16-11)20-4-3-19-2-1-13-8(19)6-20/h1-2,5H,3-4,6,12H2,(H2,14,15,16,17,18). The molecule has 102 valence electrons. The molecule has 4 heterocycles. The van der Waals surface area contributed by atoms with Crippen LogP contribution in [0, 0.1) is 0 Å². The van der Waals surface area contributed by atoms with Crippen LogP contribution in [0.5, 0.6) is 0 Å². The number of hydrogen-bond donors (Lipinski definition) is 3. The van der Waals surface area contributed by atoms with Gasteiger partial charge in [-0.05, 0) is 0 Å². The molecule has 0 bridgehead atoms. The van der Waals surface area contributed by atoms with Gasteiger partial charge < -0.3 is 9.47 Å². The lowest BCUT2D eigenvalue weighted by Crippen LogP contribution is -2.34. The van der Waals surface area contributed by atoms with Crippen LogP contribution in [-0.2, 0) is 13.1 Å². The molecule has 0 fully saturated rings. The number of aromatic nitrogens is 6. The first-order valence-corrected chi connectivity index (χ1v) is 6.28. The van der Waals surface area contributed by atoms with Gasteiger partial charge in [0, 0.05) is 25.5 Å². The average Bonchev–Trinajstić information content (AvgIpc) is 3.13. The van der Waals surface area contributed by atoms with Crippen LogP contribution in [0.1, 0.15) is 5.82 Å². The Labute approximate surface area is 113 Å². The van der Waals surface area contributed by atoms with E-state index in [0.29, 0.717) is 18.1 Å². The second kappa shape index (κ2) is 4.17. The minimum absolute atomic E-state index is 0.366. The monoisotopic (exact) mass is 271 g/mol. The van der Waals surface area contributed by atoms with Crippen molar-refractivity contribution in [3.63, 3.8) is 0 Å². The molecule has 1 aliphatic heterocycles. The van der Waals surface area contributed by atoms with E-state index in [2.05, 4.69) is 40.0 Å². The first-order chi connectivity index (χ1) is 9.85. The number of aromatic amines is 1. The van der Waals surface area contributed by atoms with Crippen molar-refractivity contribution in [3.05, 3.63) is 24.4 Å². The number of rotatable bonds is 2. The summed E-state index contributed by atoms with van der Waals surface area (Å²) < 4.78 is 2.15. The molecule has 4 N–H and O–H groups in total. The summed E-state index contributed by atoms with van der Waals surface area (Å²) in [6, 6.07) is 0. The number of hydrazine groups is 1. The third-order valence-electron chi connectivity index (χ3n) is 3.46. The molecule has 9 nitrogen and oxygen atoms in total. The summed E-state index contributed by atoms with van der Waals surface area (Å²) in [5.41, 5.74) is 3.15. The highest BCUT2D eigenvalue weighted by Gasteiger charge is 2.21. The predicted molar refractivity (Wildman–Crippen MR) is 72.8 cm³/mol. The van der Waals surface area contributed by atoms with Gasteiger partial charge in [0.2, 0.25) is 5.95 Å². The van der Waals surface area contributed by atoms with Crippen LogP contribution in [0.25, 0.3) is 11.0 Å². The molecule has 3 aromatic heterocycles. The fraction of sp³-hybridized carbons (Fsp3) is 0.273. The van der Waals surface area contributed by atoms with E-state index in [1.54, 1.807) is 6.20 Å². The van der Waals surface area contributed by atoms with Crippen LogP contribution in [0.3, 0.4) is 0 Å². The summed E-state index contributed by atoms with van der Waals surface area (Å²) in [4.78, 5) is 15.2. The Hall–Kier alpha value is -2.68. The number of H-pyrrole nitrogens is 1. The highest BCUT2D eigenvalue weighted by Crippen LogP contribution is 2.26. The molecule has 0 saturated heterocycles. The van der Waals surface area contributed by atoms with Gasteiger partial charge in [-0.2, -0.15) is 15.1 Å². The number of nitrogens with zero attached hydrogens (tertiary/aromatic N) is 6. The van der Waals surface area contributed by atoms with Crippen molar-refractivity contribution < 1.29 is 0 Å². The Kier molecular flexibility index (Phi) is 2.33. The summed E-state index contributed by atoms with van der Waals surface area (Å²) in [6.07, 6.45) is 5.54. The number of nitrogens with two attached hydrogens (primary N) is 1. The molecule has 0 amide bonds. The minimum Gasteiger partial charge on any atom is -0.347 e. The third kappa shape index (κ3) is 1.60. The lowest BCUT2D eigenvalue weighted by atomic mass is 10.3. The summed E-state index contributed by atoms with van der Waals surface area (Å²) in [6.45, 7) is 2.43. The Bertz CT molecular complexity index is 758. The number of anilines is 2. The van der Waals surface area contributed by atoms with Gasteiger partial charge in [-0.1, -0.05) is 0 Å². The first kappa shape index (κ1) is 11.2. The van der Waals surface area contributed by atoms with Gasteiger partial charge in [0.25, 0.3) is 0 Å². The van der Waals surface area contributed by atoms with Crippen LogP contribution in [0.4, 0.5) is 11.8 Å². The average molecular weight is 271 g/mol. The zero-order valence-electron chi connectivity index (χ0n) is 10.6. The van der Waals surface area contributed by atoms with E-state index in [1.807, 2.05) is 12.4 Å². The van der Waals surface area contributed by atoms with Gasteiger partial charge in [-0.25, -0.2) is 10.8 Å². The van der Waals surface area contributed by atoms with Crippen LogP contribution in [0.15, 0.2) is 18.6 Å². The van der Waals surface area contributed by atoms with E-state index in [0.717, 1.165) is 30.1 Å². The van der Waals surface area contributed by atoms with E-state index in [1.165, 1.54) is 0 Å². The van der Waals surface area contributed by atoms with Gasteiger partial charge in [-0.3, -0.25) is 10.5 Å². The van der Waals surface area contributed by atoms with Crippen LogP contribution in [0.2, 0.25) is 0 Å². The van der Waals surface area contributed by atoms with E-state index in [4.69, 9.17) is 5.84 Å². The normalized spacial score (nSPS) is 14.6. The maximum Gasteiger partial charge on any atom is 0.241 e. The van der Waals surface area contributed by atoms with E-state index in [-0.39, 0.29) is 0 Å². The largest absolute Gasteiger partial charge is 0.347 e. The quantitative estimate of drug-likeness (QED) is 0.439. The Morgan fingerprint density at radius 1 is 1.30 bits per heavy atom. The maximum absolute atomic E-state index is 5.42. The van der Waals surface area contributed by atoms with Gasteiger partial charge in [0.05, 0.1) is 18.1 Å². The molecule has 0 aliphatic carbocycles. The zero-order chi connectivity index (χ0) is 13.5. The van der Waals surface area contributed by atoms with Crippen LogP contribution < -0.4 is 16.2 Å². The lowest BCUT2D eigenvalue weighted by molar-refractivity contribution is 0.557. The third-order valence-corrected chi connectivity index (χ3v) is 3.46. The molecule has 1 aliphatic rings. The number of nitrogen functional groups attached to an aromatic ring is 1. The molecule has 20 heavy (non-hydrogen) atoms. The second-order valence-corrected chi connectivity index (χ2v) is 4.61. The van der Waals surface area contributed by atoms with Crippen molar-refractivity contribution in [3.8, 4) is 0 Å². The highest BCUT2D eigenvalue weighted by atomic mass is 15.3. The Morgan fingerprint density at radius 3 is 3.15 bits per heavy atom. The fourth-order valence-corrected chi connectivity index (χ4v) is 2.48. The molecule has 0 aromatic carbocycles. The van der Waals surface area contributed by atoms with Crippen molar-refractivity contribution in [2.75, 3.05) is 16.9 Å². The van der Waals surface area contributed by atoms with Gasteiger partial charge in [-0.15, -0.1) is 0 Å². The summed E-state index contributed by atoms with van der Waals surface area (Å²) in [5, 5.41) is 7.75. The molecule has 0 radical (unpaired) electrons. The van der Waals surface area contributed by atoms with Crippen molar-refractivity contribution in [1.29, 1.82) is 0 Å². The maximum atomic E-state index is 5.42. The zero-order valence-corrected chi connectivity index (χ0v) is 10.6. The molecule has 3 aromatic rings. The first-order valence-electron chi connectivity index (χ1n) is 6.28. The van der Waals surface area contributed by atoms with Gasteiger partial charge in [0.1, 0.15) is 11.6 Å². The molecule has 4 rings (SSSR count). The summed E-state index contributed by atoms with van der Waals surface area (Å²) >= 11 is 0. The van der Waals surface area contributed by atoms with E-state index in [9.17, 15) is 0 Å². The number of nitrogens with one attached hydrogen (secondary N) is 2. The molecular weight excluding hydrogens is 258 g/mol. The number of fused-ring (bicyclic) bond motifs is 2. The topological polar surface area (TPSA) is 114 Å². The minimum atomic E-state index is 0.366. The Morgan fingerprint density at radius 2 is 2.25 bits per heavy atom. The van der Waals surface area contributed by atoms with Crippen molar-refractivity contribution in [1.82, 2.24) is 29.7 Å². The predicted octanol–water partition coefficient (Wildman–Crippen LogP) is -0.145.